The van der Waals surface area contributed by atoms with E-state index in [1.807, 2.05) is 60.7 Å². The molecule has 1 unspecified atom stereocenters. The molecule has 172 valence electrons. The van der Waals surface area contributed by atoms with Gasteiger partial charge >= 0.3 is 5.97 Å². The molecule has 1 aliphatic carbocycles. The first-order valence-corrected chi connectivity index (χ1v) is 12.0. The van der Waals surface area contributed by atoms with Gasteiger partial charge in [-0.3, -0.25) is 0 Å². The molecule has 5 heteroatoms. The number of likely N-dealkylation sites (tertiary alicyclic amines) is 1. The standard InChI is InChI=1S/C27H36NO4/c1-28(18-10-20-31-24-15-6-3-7-16-24)19-17-25(21-28)32-26(29)27(30,23-13-8-9-14-23)22-11-4-2-5-12-22/h2-7,11-12,15-16,23,25,30H,8-10,13-14,17-21H2,1H3/q+1/t25?,27-,28-/m0/s1. The highest BCUT2D eigenvalue weighted by Crippen LogP contribution is 2.42. The van der Waals surface area contributed by atoms with Crippen LogP contribution in [0.5, 0.6) is 5.75 Å². The molecule has 2 aromatic carbocycles. The lowest BCUT2D eigenvalue weighted by Crippen LogP contribution is -2.47. The molecular weight excluding hydrogens is 402 g/mol. The Bertz CT molecular complexity index is 868. The van der Waals surface area contributed by atoms with Crippen LogP contribution < -0.4 is 4.74 Å². The lowest BCUT2D eigenvalue weighted by Gasteiger charge is -2.33. The fourth-order valence-electron chi connectivity index (χ4n) is 5.38. The number of esters is 1. The minimum Gasteiger partial charge on any atom is -0.493 e. The van der Waals surface area contributed by atoms with Crippen LogP contribution in [0.2, 0.25) is 0 Å². The van der Waals surface area contributed by atoms with Crippen molar-refractivity contribution < 1.29 is 23.9 Å². The number of carbonyl (C=O) groups is 1. The van der Waals surface area contributed by atoms with Crippen LogP contribution in [0.15, 0.2) is 60.7 Å². The fourth-order valence-corrected chi connectivity index (χ4v) is 5.38. The lowest BCUT2D eigenvalue weighted by atomic mass is 9.80. The van der Waals surface area contributed by atoms with Crippen molar-refractivity contribution >= 4 is 5.97 Å². The van der Waals surface area contributed by atoms with Gasteiger partial charge in [0.15, 0.2) is 11.7 Å². The summed E-state index contributed by atoms with van der Waals surface area (Å²) in [6.07, 6.45) is 5.45. The van der Waals surface area contributed by atoms with E-state index in [0.29, 0.717) is 12.2 Å². The molecule has 2 fully saturated rings. The first-order chi connectivity index (χ1) is 15.5. The van der Waals surface area contributed by atoms with E-state index in [-0.39, 0.29) is 12.0 Å². The van der Waals surface area contributed by atoms with E-state index >= 15 is 0 Å². The smallest absolute Gasteiger partial charge is 0.343 e. The molecule has 2 aromatic rings. The second kappa shape index (κ2) is 10.1. The van der Waals surface area contributed by atoms with Gasteiger partial charge in [0.25, 0.3) is 0 Å². The van der Waals surface area contributed by atoms with Gasteiger partial charge in [-0.1, -0.05) is 61.4 Å². The Morgan fingerprint density at radius 1 is 1.03 bits per heavy atom. The van der Waals surface area contributed by atoms with Crippen LogP contribution >= 0.6 is 0 Å². The Kier molecular flexibility index (Phi) is 7.17. The van der Waals surface area contributed by atoms with Gasteiger partial charge in [0.2, 0.25) is 0 Å². The highest BCUT2D eigenvalue weighted by molar-refractivity contribution is 5.81. The summed E-state index contributed by atoms with van der Waals surface area (Å²) in [5.41, 5.74) is -0.891. The summed E-state index contributed by atoms with van der Waals surface area (Å²) < 4.78 is 12.7. The molecule has 0 amide bonds. The van der Waals surface area contributed by atoms with E-state index in [1.165, 1.54) is 0 Å². The number of aliphatic hydroxyl groups is 1. The molecule has 1 heterocycles. The van der Waals surface area contributed by atoms with Crippen molar-refractivity contribution in [2.75, 3.05) is 33.3 Å². The molecule has 2 aliphatic rings. The molecule has 0 spiro atoms. The molecule has 1 aliphatic heterocycles. The van der Waals surface area contributed by atoms with Crippen molar-refractivity contribution in [2.24, 2.45) is 5.92 Å². The number of nitrogens with zero attached hydrogens (tertiary/aromatic N) is 1. The Labute approximate surface area is 191 Å². The molecule has 1 N–H and O–H groups in total. The summed E-state index contributed by atoms with van der Waals surface area (Å²) in [4.78, 5) is 13.3. The van der Waals surface area contributed by atoms with E-state index in [0.717, 1.165) is 68.4 Å². The molecule has 5 nitrogen and oxygen atoms in total. The van der Waals surface area contributed by atoms with Crippen molar-refractivity contribution in [3.8, 4) is 5.75 Å². The summed E-state index contributed by atoms with van der Waals surface area (Å²) in [6, 6.07) is 19.2. The van der Waals surface area contributed by atoms with Crippen LogP contribution in [0.4, 0.5) is 0 Å². The van der Waals surface area contributed by atoms with E-state index in [2.05, 4.69) is 7.05 Å². The van der Waals surface area contributed by atoms with Crippen molar-refractivity contribution in [1.29, 1.82) is 0 Å². The summed E-state index contributed by atoms with van der Waals surface area (Å²) >= 11 is 0. The molecule has 1 saturated carbocycles. The Morgan fingerprint density at radius 2 is 1.69 bits per heavy atom. The maximum absolute atomic E-state index is 13.3. The number of carbonyl (C=O) groups excluding carboxylic acids is 1. The summed E-state index contributed by atoms with van der Waals surface area (Å²) in [5, 5.41) is 11.6. The van der Waals surface area contributed by atoms with Gasteiger partial charge in [0, 0.05) is 18.8 Å². The largest absolute Gasteiger partial charge is 0.493 e. The number of hydrogen-bond acceptors (Lipinski definition) is 4. The van der Waals surface area contributed by atoms with Crippen molar-refractivity contribution in [3.05, 3.63) is 66.2 Å². The summed E-state index contributed by atoms with van der Waals surface area (Å²) in [7, 11) is 2.22. The van der Waals surface area contributed by atoms with Crippen LogP contribution in [-0.4, -0.2) is 55.0 Å². The van der Waals surface area contributed by atoms with Gasteiger partial charge in [-0.15, -0.1) is 0 Å². The number of ether oxygens (including phenoxy) is 2. The van der Waals surface area contributed by atoms with Gasteiger partial charge in [-0.2, -0.15) is 0 Å². The van der Waals surface area contributed by atoms with Gasteiger partial charge in [0.05, 0.1) is 26.7 Å². The third kappa shape index (κ3) is 5.16. The van der Waals surface area contributed by atoms with Crippen molar-refractivity contribution in [1.82, 2.24) is 0 Å². The SMILES string of the molecule is C[N@+]1(CCCOc2ccccc2)CCC(OC(=O)[C@](O)(c2ccccc2)C2CCCC2)C1. The van der Waals surface area contributed by atoms with Crippen molar-refractivity contribution in [3.63, 3.8) is 0 Å². The lowest BCUT2D eigenvalue weighted by molar-refractivity contribution is -0.899. The first kappa shape index (κ1) is 22.8. The van der Waals surface area contributed by atoms with E-state index < -0.39 is 11.6 Å². The summed E-state index contributed by atoms with van der Waals surface area (Å²) in [5.74, 6) is 0.353. The van der Waals surface area contributed by atoms with E-state index in [1.54, 1.807) is 0 Å². The van der Waals surface area contributed by atoms with Crippen LogP contribution in [0.3, 0.4) is 0 Å². The average molecular weight is 439 g/mol. The van der Waals surface area contributed by atoms with Crippen LogP contribution in [0, 0.1) is 5.92 Å². The van der Waals surface area contributed by atoms with Gasteiger partial charge in [0.1, 0.15) is 12.3 Å². The van der Waals surface area contributed by atoms with E-state index in [9.17, 15) is 9.90 Å². The highest BCUT2D eigenvalue weighted by Gasteiger charge is 2.49. The maximum atomic E-state index is 13.3. The van der Waals surface area contributed by atoms with Crippen LogP contribution in [-0.2, 0) is 15.1 Å². The Hall–Kier alpha value is -2.37. The predicted octanol–water partition coefficient (Wildman–Crippen LogP) is 4.30. The zero-order chi connectivity index (χ0) is 22.4. The average Bonchev–Trinajstić information content (AvgIpc) is 3.48. The molecule has 0 aromatic heterocycles. The molecule has 0 bridgehead atoms. The minimum atomic E-state index is -1.55. The third-order valence-corrected chi connectivity index (χ3v) is 7.23. The van der Waals surface area contributed by atoms with Crippen molar-refractivity contribution in [2.45, 2.75) is 50.2 Å². The number of hydrogen-bond donors (Lipinski definition) is 1. The monoisotopic (exact) mass is 438 g/mol. The fraction of sp³-hybridized carbons (Fsp3) is 0.519. The number of para-hydroxylation sites is 1. The zero-order valence-electron chi connectivity index (χ0n) is 19.1. The van der Waals surface area contributed by atoms with Gasteiger partial charge in [-0.25, -0.2) is 4.79 Å². The molecule has 0 radical (unpaired) electrons. The van der Waals surface area contributed by atoms with Gasteiger partial charge in [-0.05, 0) is 30.5 Å². The second-order valence-corrected chi connectivity index (χ2v) is 9.69. The number of quaternary nitrogens is 1. The van der Waals surface area contributed by atoms with E-state index in [4.69, 9.17) is 9.47 Å². The number of rotatable bonds is 9. The van der Waals surface area contributed by atoms with Crippen LogP contribution in [0.25, 0.3) is 0 Å². The quantitative estimate of drug-likeness (QED) is 0.360. The second-order valence-electron chi connectivity index (χ2n) is 9.69. The molecular formula is C27H36NO4+. The molecule has 1 saturated heterocycles. The summed E-state index contributed by atoms with van der Waals surface area (Å²) in [6.45, 7) is 3.41. The first-order valence-electron chi connectivity index (χ1n) is 12.0. The molecule has 3 atom stereocenters. The minimum absolute atomic E-state index is 0.0742. The third-order valence-electron chi connectivity index (χ3n) is 7.23. The Morgan fingerprint density at radius 3 is 2.38 bits per heavy atom. The van der Waals surface area contributed by atoms with Crippen LogP contribution in [0.1, 0.15) is 44.1 Å². The maximum Gasteiger partial charge on any atom is 0.343 e. The van der Waals surface area contributed by atoms with Gasteiger partial charge < -0.3 is 19.1 Å². The molecule has 32 heavy (non-hydrogen) atoms. The highest BCUT2D eigenvalue weighted by atomic mass is 16.6. The topological polar surface area (TPSA) is 55.8 Å². The number of benzene rings is 2. The normalized spacial score (nSPS) is 25.4. The Balaban J connectivity index is 1.32. The zero-order valence-corrected chi connectivity index (χ0v) is 19.1. The predicted molar refractivity (Wildman–Crippen MR) is 124 cm³/mol. The number of likely N-dealkylation sites (N-methyl/N-ethyl adjacent to an activating group) is 1. The molecule has 4 rings (SSSR count).